The number of hydrogen-bond acceptors (Lipinski definition) is 2. The molecule has 1 N–H and O–H groups in total. The van der Waals surface area contributed by atoms with Gasteiger partial charge in [-0.2, -0.15) is 0 Å². The van der Waals surface area contributed by atoms with Crippen LogP contribution in [0.5, 0.6) is 0 Å². The average Bonchev–Trinajstić information content (AvgIpc) is 2.01. The predicted molar refractivity (Wildman–Crippen MR) is 61.2 cm³/mol. The third-order valence-corrected chi connectivity index (χ3v) is 1.69. The molecular weight excluding hydrogens is 230 g/mol. The lowest BCUT2D eigenvalue weighted by atomic mass is 10.2. The highest BCUT2D eigenvalue weighted by Crippen LogP contribution is 1.96. The Morgan fingerprint density at radius 3 is 2.77 bits per heavy atom. The Labute approximate surface area is 89.9 Å². The van der Waals surface area contributed by atoms with Gasteiger partial charge in [0.2, 0.25) is 0 Å². The Bertz CT molecular complexity index is 137. The fourth-order valence-electron chi connectivity index (χ4n) is 0.842. The minimum Gasteiger partial charge on any atom is -0.381 e. The van der Waals surface area contributed by atoms with E-state index in [9.17, 15) is 0 Å². The van der Waals surface area contributed by atoms with Crippen molar-refractivity contribution < 1.29 is 4.74 Å². The van der Waals surface area contributed by atoms with Crippen LogP contribution in [0.1, 0.15) is 20.3 Å². The first kappa shape index (κ1) is 13.1. The summed E-state index contributed by atoms with van der Waals surface area (Å²) in [5.41, 5.74) is 0. The monoisotopic (exact) mass is 249 g/mol. The summed E-state index contributed by atoms with van der Waals surface area (Å²) in [6.45, 7) is 11.6. The molecule has 0 saturated carbocycles. The number of ether oxygens (including phenoxy) is 1. The maximum atomic E-state index is 5.43. The Kier molecular flexibility index (Phi) is 8.82. The van der Waals surface area contributed by atoms with E-state index in [-0.39, 0.29) is 0 Å². The summed E-state index contributed by atoms with van der Waals surface area (Å²) < 4.78 is 6.42. The summed E-state index contributed by atoms with van der Waals surface area (Å²) in [6.07, 6.45) is 1.06. The molecule has 0 heterocycles. The number of halogens is 1. The standard InChI is InChI=1S/C10H20BrNO/c1-9(2)8-13-6-4-5-12-7-10(3)11/h9,12H,3-8H2,1-2H3. The summed E-state index contributed by atoms with van der Waals surface area (Å²) in [4.78, 5) is 0. The van der Waals surface area contributed by atoms with E-state index in [0.29, 0.717) is 5.92 Å². The summed E-state index contributed by atoms with van der Waals surface area (Å²) in [5, 5.41) is 3.25. The highest BCUT2D eigenvalue weighted by Gasteiger charge is 1.93. The molecule has 3 heteroatoms. The van der Waals surface area contributed by atoms with Crippen molar-refractivity contribution in [1.82, 2.24) is 5.32 Å². The molecule has 0 bridgehead atoms. The van der Waals surface area contributed by atoms with E-state index in [2.05, 4.69) is 41.7 Å². The molecule has 0 radical (unpaired) electrons. The third kappa shape index (κ3) is 12.1. The summed E-state index contributed by atoms with van der Waals surface area (Å²) in [7, 11) is 0. The Morgan fingerprint density at radius 2 is 2.23 bits per heavy atom. The molecule has 0 aliphatic rings. The molecule has 0 aliphatic carbocycles. The second kappa shape index (κ2) is 8.73. The van der Waals surface area contributed by atoms with Crippen molar-refractivity contribution in [2.24, 2.45) is 5.92 Å². The zero-order valence-electron chi connectivity index (χ0n) is 8.61. The average molecular weight is 250 g/mol. The quantitative estimate of drug-likeness (QED) is 0.668. The van der Waals surface area contributed by atoms with Crippen LogP contribution < -0.4 is 5.32 Å². The van der Waals surface area contributed by atoms with Crippen molar-refractivity contribution in [3.05, 3.63) is 11.1 Å². The van der Waals surface area contributed by atoms with E-state index in [0.717, 1.165) is 37.2 Å². The SMILES string of the molecule is C=C(Br)CNCCCOCC(C)C. The zero-order chi connectivity index (χ0) is 10.1. The first-order valence-electron chi connectivity index (χ1n) is 4.74. The minimum absolute atomic E-state index is 0.635. The highest BCUT2D eigenvalue weighted by molar-refractivity contribution is 9.11. The van der Waals surface area contributed by atoms with E-state index in [1.54, 1.807) is 0 Å². The molecule has 2 nitrogen and oxygen atoms in total. The first-order chi connectivity index (χ1) is 6.13. The second-order valence-corrected chi connectivity index (χ2v) is 4.64. The molecule has 0 fully saturated rings. The molecule has 13 heavy (non-hydrogen) atoms. The molecule has 0 atom stereocenters. The van der Waals surface area contributed by atoms with Gasteiger partial charge in [-0.05, 0) is 18.9 Å². The van der Waals surface area contributed by atoms with Crippen LogP contribution in [0.15, 0.2) is 11.1 Å². The van der Waals surface area contributed by atoms with Crippen LogP contribution in [-0.2, 0) is 4.74 Å². The van der Waals surface area contributed by atoms with Gasteiger partial charge in [0.05, 0.1) is 0 Å². The van der Waals surface area contributed by atoms with Crippen LogP contribution in [0, 0.1) is 5.92 Å². The van der Waals surface area contributed by atoms with E-state index < -0.39 is 0 Å². The minimum atomic E-state index is 0.635. The van der Waals surface area contributed by atoms with Gasteiger partial charge < -0.3 is 10.1 Å². The molecular formula is C10H20BrNO. The van der Waals surface area contributed by atoms with Gasteiger partial charge in [0, 0.05) is 24.2 Å². The van der Waals surface area contributed by atoms with E-state index in [1.807, 2.05) is 0 Å². The van der Waals surface area contributed by atoms with Crippen LogP contribution in [0.2, 0.25) is 0 Å². The molecule has 0 aliphatic heterocycles. The van der Waals surface area contributed by atoms with Gasteiger partial charge in [-0.15, -0.1) is 0 Å². The van der Waals surface area contributed by atoms with Crippen molar-refractivity contribution in [2.75, 3.05) is 26.3 Å². The van der Waals surface area contributed by atoms with E-state index in [1.165, 1.54) is 0 Å². The topological polar surface area (TPSA) is 21.3 Å². The third-order valence-electron chi connectivity index (χ3n) is 1.41. The van der Waals surface area contributed by atoms with Crippen molar-refractivity contribution in [1.29, 1.82) is 0 Å². The van der Waals surface area contributed by atoms with Gasteiger partial charge >= 0.3 is 0 Å². The smallest absolute Gasteiger partial charge is 0.0489 e. The number of hydrogen-bond donors (Lipinski definition) is 1. The maximum Gasteiger partial charge on any atom is 0.0489 e. The lowest BCUT2D eigenvalue weighted by molar-refractivity contribution is 0.108. The second-order valence-electron chi connectivity index (χ2n) is 3.52. The zero-order valence-corrected chi connectivity index (χ0v) is 10.2. The lowest BCUT2D eigenvalue weighted by Gasteiger charge is -2.07. The van der Waals surface area contributed by atoms with Crippen molar-refractivity contribution >= 4 is 15.9 Å². The molecule has 0 aromatic carbocycles. The van der Waals surface area contributed by atoms with Gasteiger partial charge in [-0.1, -0.05) is 36.4 Å². The molecule has 0 amide bonds. The van der Waals surface area contributed by atoms with Gasteiger partial charge in [0.25, 0.3) is 0 Å². The number of rotatable bonds is 8. The fraction of sp³-hybridized carbons (Fsp3) is 0.800. The van der Waals surface area contributed by atoms with E-state index in [4.69, 9.17) is 4.74 Å². The molecule has 0 rings (SSSR count). The van der Waals surface area contributed by atoms with Crippen LogP contribution >= 0.6 is 15.9 Å². The predicted octanol–water partition coefficient (Wildman–Crippen LogP) is 2.55. The molecule has 78 valence electrons. The largest absolute Gasteiger partial charge is 0.381 e. The van der Waals surface area contributed by atoms with Crippen molar-refractivity contribution in [2.45, 2.75) is 20.3 Å². The van der Waals surface area contributed by atoms with Crippen LogP contribution in [0.4, 0.5) is 0 Å². The highest BCUT2D eigenvalue weighted by atomic mass is 79.9. The summed E-state index contributed by atoms with van der Waals surface area (Å²) in [5.74, 6) is 0.635. The van der Waals surface area contributed by atoms with E-state index >= 15 is 0 Å². The van der Waals surface area contributed by atoms with Crippen LogP contribution in [0.25, 0.3) is 0 Å². The maximum absolute atomic E-state index is 5.43. The summed E-state index contributed by atoms with van der Waals surface area (Å²) in [6, 6.07) is 0. The molecule has 0 unspecified atom stereocenters. The van der Waals surface area contributed by atoms with Crippen LogP contribution in [0.3, 0.4) is 0 Å². The van der Waals surface area contributed by atoms with Crippen LogP contribution in [-0.4, -0.2) is 26.3 Å². The van der Waals surface area contributed by atoms with Gasteiger partial charge in [0.1, 0.15) is 0 Å². The van der Waals surface area contributed by atoms with Gasteiger partial charge in [-0.3, -0.25) is 0 Å². The number of nitrogens with one attached hydrogen (secondary N) is 1. The Balaban J connectivity index is 2.96. The Hall–Kier alpha value is 0.140. The van der Waals surface area contributed by atoms with Gasteiger partial charge in [-0.25, -0.2) is 0 Å². The Morgan fingerprint density at radius 1 is 1.54 bits per heavy atom. The first-order valence-corrected chi connectivity index (χ1v) is 5.54. The normalized spacial score (nSPS) is 10.8. The molecule has 0 aromatic heterocycles. The van der Waals surface area contributed by atoms with Crippen molar-refractivity contribution in [3.8, 4) is 0 Å². The van der Waals surface area contributed by atoms with Crippen molar-refractivity contribution in [3.63, 3.8) is 0 Å². The molecule has 0 spiro atoms. The molecule has 0 aromatic rings. The lowest BCUT2D eigenvalue weighted by Crippen LogP contribution is -2.18. The summed E-state index contributed by atoms with van der Waals surface area (Å²) >= 11 is 3.29. The fourth-order valence-corrected chi connectivity index (χ4v) is 1.04. The van der Waals surface area contributed by atoms with Gasteiger partial charge in [0.15, 0.2) is 0 Å². The molecule has 0 saturated heterocycles.